The van der Waals surface area contributed by atoms with Crippen LogP contribution in [0.25, 0.3) is 0 Å². The van der Waals surface area contributed by atoms with Crippen LogP contribution in [0.15, 0.2) is 17.5 Å². The normalized spacial score (nSPS) is 12.7. The number of aryl methyl sites for hydroxylation is 1. The molecule has 0 saturated carbocycles. The van der Waals surface area contributed by atoms with Crippen molar-refractivity contribution in [1.29, 1.82) is 0 Å². The van der Waals surface area contributed by atoms with Crippen LogP contribution in [0.5, 0.6) is 0 Å². The van der Waals surface area contributed by atoms with Crippen molar-refractivity contribution in [3.8, 4) is 0 Å². The molecule has 2 nitrogen and oxygen atoms in total. The number of aromatic nitrogens is 1. The van der Waals surface area contributed by atoms with E-state index in [1.807, 2.05) is 6.92 Å². The summed E-state index contributed by atoms with van der Waals surface area (Å²) in [4.78, 5) is 4.22. The maximum atomic E-state index is 13.7. The van der Waals surface area contributed by atoms with Crippen LogP contribution < -0.4 is 5.32 Å². The van der Waals surface area contributed by atoms with Crippen LogP contribution >= 0.6 is 11.3 Å². The number of rotatable bonds is 3. The molecule has 0 aliphatic heterocycles. The predicted molar refractivity (Wildman–Crippen MR) is 64.1 cm³/mol. The van der Waals surface area contributed by atoms with Crippen LogP contribution in [0, 0.1) is 24.4 Å². The maximum absolute atomic E-state index is 13.7. The van der Waals surface area contributed by atoms with E-state index < -0.39 is 23.5 Å². The van der Waals surface area contributed by atoms with E-state index in [9.17, 15) is 13.2 Å². The van der Waals surface area contributed by atoms with Gasteiger partial charge in [0.05, 0.1) is 16.7 Å². The molecule has 18 heavy (non-hydrogen) atoms. The van der Waals surface area contributed by atoms with Gasteiger partial charge in [0.1, 0.15) is 0 Å². The van der Waals surface area contributed by atoms with Gasteiger partial charge in [-0.3, -0.25) is 0 Å². The van der Waals surface area contributed by atoms with Crippen molar-refractivity contribution in [3.05, 3.63) is 51.2 Å². The first kappa shape index (κ1) is 13.0. The third-order valence-electron chi connectivity index (χ3n) is 2.60. The fourth-order valence-electron chi connectivity index (χ4n) is 1.74. The van der Waals surface area contributed by atoms with E-state index in [1.54, 1.807) is 12.4 Å². The molecule has 0 amide bonds. The number of hydrogen-bond acceptors (Lipinski definition) is 3. The minimum Gasteiger partial charge on any atom is -0.308 e. The highest BCUT2D eigenvalue weighted by atomic mass is 32.1. The Kier molecular flexibility index (Phi) is 3.68. The van der Waals surface area contributed by atoms with Gasteiger partial charge in [0.2, 0.25) is 0 Å². The highest BCUT2D eigenvalue weighted by Gasteiger charge is 2.22. The largest absolute Gasteiger partial charge is 0.308 e. The summed E-state index contributed by atoms with van der Waals surface area (Å²) in [6.07, 6.45) is 0. The van der Waals surface area contributed by atoms with Crippen LogP contribution in [0.1, 0.15) is 22.3 Å². The average molecular weight is 272 g/mol. The van der Waals surface area contributed by atoms with Gasteiger partial charge in [0, 0.05) is 10.9 Å². The number of halogens is 3. The van der Waals surface area contributed by atoms with Gasteiger partial charge in [0.25, 0.3) is 0 Å². The molecule has 1 aromatic carbocycles. The molecule has 1 aromatic heterocycles. The second kappa shape index (κ2) is 5.07. The van der Waals surface area contributed by atoms with Crippen molar-refractivity contribution >= 4 is 11.3 Å². The molecular formula is C12H11F3N2S. The molecule has 1 heterocycles. The Morgan fingerprint density at radius 1 is 1.22 bits per heavy atom. The molecule has 1 atom stereocenters. The molecule has 0 aliphatic rings. The van der Waals surface area contributed by atoms with Crippen LogP contribution in [-0.4, -0.2) is 12.0 Å². The third kappa shape index (κ3) is 2.26. The first-order valence-electron chi connectivity index (χ1n) is 5.27. The van der Waals surface area contributed by atoms with Gasteiger partial charge in [-0.15, -0.1) is 11.3 Å². The fourth-order valence-corrected chi connectivity index (χ4v) is 2.38. The number of benzene rings is 1. The van der Waals surface area contributed by atoms with Crippen molar-refractivity contribution in [2.75, 3.05) is 7.05 Å². The number of nitrogens with zero attached hydrogens (tertiary/aromatic N) is 1. The lowest BCUT2D eigenvalue weighted by molar-refractivity contribution is 0.434. The zero-order valence-electron chi connectivity index (χ0n) is 9.80. The highest BCUT2D eigenvalue weighted by Crippen LogP contribution is 2.27. The van der Waals surface area contributed by atoms with Crippen molar-refractivity contribution < 1.29 is 13.2 Å². The van der Waals surface area contributed by atoms with E-state index in [1.165, 1.54) is 17.4 Å². The number of hydrogen-bond donors (Lipinski definition) is 1. The molecule has 1 unspecified atom stereocenters. The molecule has 0 spiro atoms. The van der Waals surface area contributed by atoms with E-state index in [-0.39, 0.29) is 5.56 Å². The van der Waals surface area contributed by atoms with Crippen molar-refractivity contribution in [1.82, 2.24) is 10.3 Å². The Hall–Kier alpha value is -1.40. The first-order valence-corrected chi connectivity index (χ1v) is 6.15. The Balaban J connectivity index is 2.49. The minimum absolute atomic E-state index is 0.0432. The Morgan fingerprint density at radius 2 is 1.94 bits per heavy atom. The van der Waals surface area contributed by atoms with Gasteiger partial charge < -0.3 is 5.32 Å². The Bertz CT molecular complexity index is 568. The summed E-state index contributed by atoms with van der Waals surface area (Å²) >= 11 is 1.41. The third-order valence-corrected chi connectivity index (χ3v) is 3.39. The summed E-state index contributed by atoms with van der Waals surface area (Å²) in [6.45, 7) is 1.82. The SMILES string of the molecule is CNC(c1csc(C)n1)c1ccc(F)c(F)c1F. The molecular weight excluding hydrogens is 261 g/mol. The second-order valence-corrected chi connectivity index (χ2v) is 4.84. The summed E-state index contributed by atoms with van der Waals surface area (Å²) < 4.78 is 39.8. The van der Waals surface area contributed by atoms with E-state index in [4.69, 9.17) is 0 Å². The topological polar surface area (TPSA) is 24.9 Å². The zero-order valence-corrected chi connectivity index (χ0v) is 10.6. The zero-order chi connectivity index (χ0) is 13.3. The van der Waals surface area contributed by atoms with E-state index in [2.05, 4.69) is 10.3 Å². The van der Waals surface area contributed by atoms with E-state index >= 15 is 0 Å². The molecule has 1 N–H and O–H groups in total. The van der Waals surface area contributed by atoms with Crippen LogP contribution in [0.3, 0.4) is 0 Å². The van der Waals surface area contributed by atoms with Crippen molar-refractivity contribution in [3.63, 3.8) is 0 Å². The Labute approximate surface area is 106 Å². The summed E-state index contributed by atoms with van der Waals surface area (Å²) in [7, 11) is 1.61. The van der Waals surface area contributed by atoms with Crippen molar-refractivity contribution in [2.45, 2.75) is 13.0 Å². The van der Waals surface area contributed by atoms with Gasteiger partial charge in [-0.25, -0.2) is 18.2 Å². The van der Waals surface area contributed by atoms with Gasteiger partial charge in [-0.2, -0.15) is 0 Å². The molecule has 0 radical (unpaired) electrons. The molecule has 2 aromatic rings. The molecule has 0 saturated heterocycles. The fraction of sp³-hybridized carbons (Fsp3) is 0.250. The van der Waals surface area contributed by atoms with Crippen LogP contribution in [0.4, 0.5) is 13.2 Å². The number of nitrogens with one attached hydrogen (secondary N) is 1. The predicted octanol–water partition coefficient (Wildman–Crippen LogP) is 3.18. The lowest BCUT2D eigenvalue weighted by Gasteiger charge is -2.15. The summed E-state index contributed by atoms with van der Waals surface area (Å²) in [5.41, 5.74) is 0.631. The van der Waals surface area contributed by atoms with Crippen LogP contribution in [0.2, 0.25) is 0 Å². The minimum atomic E-state index is -1.46. The van der Waals surface area contributed by atoms with Gasteiger partial charge in [0.15, 0.2) is 17.5 Å². The number of thiazole rings is 1. The summed E-state index contributed by atoms with van der Waals surface area (Å²) in [5, 5.41) is 5.44. The van der Waals surface area contributed by atoms with Gasteiger partial charge >= 0.3 is 0 Å². The summed E-state index contributed by atoms with van der Waals surface area (Å²) in [6, 6.07) is 1.55. The quantitative estimate of drug-likeness (QED) is 0.868. The smallest absolute Gasteiger partial charge is 0.194 e. The Morgan fingerprint density at radius 3 is 2.50 bits per heavy atom. The van der Waals surface area contributed by atoms with E-state index in [0.29, 0.717) is 5.69 Å². The second-order valence-electron chi connectivity index (χ2n) is 3.78. The molecule has 0 aliphatic carbocycles. The molecule has 0 bridgehead atoms. The van der Waals surface area contributed by atoms with Crippen molar-refractivity contribution in [2.24, 2.45) is 0 Å². The molecule has 0 fully saturated rings. The van der Waals surface area contributed by atoms with Gasteiger partial charge in [-0.05, 0) is 20.0 Å². The standard InChI is InChI=1S/C12H11F3N2S/c1-6-17-9(5-18-6)12(16-2)7-3-4-8(13)11(15)10(7)14/h3-5,12,16H,1-2H3. The summed E-state index contributed by atoms with van der Waals surface area (Å²) in [5.74, 6) is -3.83. The molecule has 96 valence electrons. The molecule has 6 heteroatoms. The first-order chi connectivity index (χ1) is 8.54. The molecule has 2 rings (SSSR count). The lowest BCUT2D eigenvalue weighted by atomic mass is 10.0. The monoisotopic (exact) mass is 272 g/mol. The van der Waals surface area contributed by atoms with Gasteiger partial charge in [-0.1, -0.05) is 6.07 Å². The average Bonchev–Trinajstić information content (AvgIpc) is 2.77. The lowest BCUT2D eigenvalue weighted by Crippen LogP contribution is -2.20. The van der Waals surface area contributed by atoms with Crippen LogP contribution in [-0.2, 0) is 0 Å². The van der Waals surface area contributed by atoms with E-state index in [0.717, 1.165) is 11.1 Å². The maximum Gasteiger partial charge on any atom is 0.194 e. The highest BCUT2D eigenvalue weighted by molar-refractivity contribution is 7.09.